The molecule has 1 aromatic carbocycles. The molecular formula is C16H16N2O4. The number of aliphatic carboxylic acids is 1. The topological polar surface area (TPSA) is 71.8 Å². The number of amides is 1. The van der Waals surface area contributed by atoms with Crippen molar-refractivity contribution in [3.8, 4) is 5.75 Å². The second kappa shape index (κ2) is 5.22. The van der Waals surface area contributed by atoms with Gasteiger partial charge >= 0.3 is 5.97 Å². The van der Waals surface area contributed by atoms with Crippen LogP contribution in [-0.2, 0) is 11.8 Å². The highest BCUT2D eigenvalue weighted by Crippen LogP contribution is 2.25. The summed E-state index contributed by atoms with van der Waals surface area (Å²) in [6, 6.07) is 6.42. The van der Waals surface area contributed by atoms with E-state index in [1.807, 2.05) is 18.2 Å². The lowest BCUT2D eigenvalue weighted by Gasteiger charge is -2.21. The lowest BCUT2D eigenvalue weighted by Crippen LogP contribution is -2.41. The van der Waals surface area contributed by atoms with E-state index in [9.17, 15) is 14.7 Å². The quantitative estimate of drug-likeness (QED) is 0.875. The number of fused-ring (bicyclic) bond motifs is 1. The monoisotopic (exact) mass is 300 g/mol. The standard InChI is InChI=1S/C16H16N2O4/c1-17-13-9-11(22-2)6-5-10(13)8-14(17)15(19)18-7-3-4-12(18)16(20)21/h3-6,8-9,12H,7H2,1-2H3,(H,20,21). The normalized spacial score (nSPS) is 17.2. The Morgan fingerprint density at radius 1 is 1.32 bits per heavy atom. The van der Waals surface area contributed by atoms with Crippen molar-refractivity contribution in [3.05, 3.63) is 42.1 Å². The molecule has 1 aliphatic heterocycles. The molecule has 1 N–H and O–H groups in total. The summed E-state index contributed by atoms with van der Waals surface area (Å²) < 4.78 is 6.96. The number of carboxylic acids is 1. The number of hydrogen-bond acceptors (Lipinski definition) is 3. The summed E-state index contributed by atoms with van der Waals surface area (Å²) >= 11 is 0. The molecule has 0 saturated heterocycles. The fourth-order valence-electron chi connectivity index (χ4n) is 2.73. The van der Waals surface area contributed by atoms with E-state index in [4.69, 9.17) is 4.74 Å². The molecule has 1 unspecified atom stereocenters. The number of carboxylic acid groups (broad SMARTS) is 1. The summed E-state index contributed by atoms with van der Waals surface area (Å²) in [6.07, 6.45) is 3.23. The van der Waals surface area contributed by atoms with Gasteiger partial charge in [0, 0.05) is 25.0 Å². The van der Waals surface area contributed by atoms with Crippen LogP contribution in [-0.4, -0.2) is 46.1 Å². The van der Waals surface area contributed by atoms with Crippen LogP contribution < -0.4 is 4.74 Å². The van der Waals surface area contributed by atoms with Gasteiger partial charge in [-0.2, -0.15) is 0 Å². The highest BCUT2D eigenvalue weighted by Gasteiger charge is 2.32. The number of aromatic nitrogens is 1. The molecule has 2 heterocycles. The number of carbonyl (C=O) groups is 2. The van der Waals surface area contributed by atoms with Crippen molar-refractivity contribution in [1.29, 1.82) is 0 Å². The molecule has 0 radical (unpaired) electrons. The largest absolute Gasteiger partial charge is 0.497 e. The van der Waals surface area contributed by atoms with Crippen LogP contribution in [0.5, 0.6) is 5.75 Å². The Bertz CT molecular complexity index is 791. The van der Waals surface area contributed by atoms with Gasteiger partial charge in [-0.1, -0.05) is 12.2 Å². The number of benzene rings is 1. The molecule has 3 rings (SSSR count). The summed E-state index contributed by atoms with van der Waals surface area (Å²) in [7, 11) is 3.37. The molecule has 0 aliphatic carbocycles. The number of carbonyl (C=O) groups excluding carboxylic acids is 1. The predicted molar refractivity (Wildman–Crippen MR) is 81.1 cm³/mol. The molecule has 1 aliphatic rings. The number of aryl methyl sites for hydroxylation is 1. The number of ether oxygens (including phenoxy) is 1. The Labute approximate surface area is 127 Å². The second-order valence-electron chi connectivity index (χ2n) is 5.18. The van der Waals surface area contributed by atoms with Crippen molar-refractivity contribution in [2.24, 2.45) is 7.05 Å². The minimum atomic E-state index is -1.03. The maximum Gasteiger partial charge on any atom is 0.330 e. The average Bonchev–Trinajstić information content (AvgIpc) is 3.11. The van der Waals surface area contributed by atoms with E-state index in [1.165, 1.54) is 11.0 Å². The van der Waals surface area contributed by atoms with Gasteiger partial charge in [-0.25, -0.2) is 4.79 Å². The Hall–Kier alpha value is -2.76. The lowest BCUT2D eigenvalue weighted by molar-refractivity contribution is -0.140. The van der Waals surface area contributed by atoms with E-state index in [1.54, 1.807) is 30.9 Å². The fraction of sp³-hybridized carbons (Fsp3) is 0.250. The third-order valence-electron chi connectivity index (χ3n) is 3.94. The van der Waals surface area contributed by atoms with Crippen molar-refractivity contribution in [2.75, 3.05) is 13.7 Å². The van der Waals surface area contributed by atoms with Gasteiger partial charge in [0.15, 0.2) is 0 Å². The molecule has 2 aromatic rings. The van der Waals surface area contributed by atoms with E-state index in [-0.39, 0.29) is 5.91 Å². The molecule has 0 fully saturated rings. The molecule has 114 valence electrons. The first-order valence-electron chi connectivity index (χ1n) is 6.87. The maximum atomic E-state index is 12.7. The zero-order chi connectivity index (χ0) is 15.9. The number of rotatable bonds is 3. The predicted octanol–water partition coefficient (Wildman–Crippen LogP) is 1.65. The number of methoxy groups -OCH3 is 1. The molecular weight excluding hydrogens is 284 g/mol. The molecule has 1 amide bonds. The SMILES string of the molecule is COc1ccc2cc(C(=O)N3CC=CC3C(=O)O)n(C)c2c1. The lowest BCUT2D eigenvalue weighted by atomic mass is 10.2. The Balaban J connectivity index is 2.01. The Morgan fingerprint density at radius 2 is 2.09 bits per heavy atom. The summed E-state index contributed by atoms with van der Waals surface area (Å²) in [5.74, 6) is -0.614. The first kappa shape index (κ1) is 14.2. The van der Waals surface area contributed by atoms with Crippen LogP contribution in [0.25, 0.3) is 10.9 Å². The molecule has 0 spiro atoms. The van der Waals surface area contributed by atoms with E-state index in [0.717, 1.165) is 10.9 Å². The molecule has 6 nitrogen and oxygen atoms in total. The van der Waals surface area contributed by atoms with E-state index in [2.05, 4.69) is 0 Å². The highest BCUT2D eigenvalue weighted by molar-refractivity contribution is 6.01. The molecule has 1 aromatic heterocycles. The van der Waals surface area contributed by atoms with Crippen molar-refractivity contribution in [2.45, 2.75) is 6.04 Å². The Kier molecular flexibility index (Phi) is 3.36. The Morgan fingerprint density at radius 3 is 2.77 bits per heavy atom. The van der Waals surface area contributed by atoms with Gasteiger partial charge in [0.05, 0.1) is 12.6 Å². The average molecular weight is 300 g/mol. The van der Waals surface area contributed by atoms with E-state index in [0.29, 0.717) is 18.0 Å². The molecule has 0 bridgehead atoms. The van der Waals surface area contributed by atoms with Crippen LogP contribution in [0.15, 0.2) is 36.4 Å². The summed E-state index contributed by atoms with van der Waals surface area (Å²) in [6.45, 7) is 0.306. The third-order valence-corrected chi connectivity index (χ3v) is 3.94. The van der Waals surface area contributed by atoms with Crippen molar-refractivity contribution in [3.63, 3.8) is 0 Å². The van der Waals surface area contributed by atoms with Gasteiger partial charge in [-0.3, -0.25) is 4.79 Å². The zero-order valence-electron chi connectivity index (χ0n) is 12.3. The minimum Gasteiger partial charge on any atom is -0.497 e. The fourth-order valence-corrected chi connectivity index (χ4v) is 2.73. The summed E-state index contributed by atoms with van der Waals surface area (Å²) in [4.78, 5) is 25.2. The van der Waals surface area contributed by atoms with Gasteiger partial charge in [-0.15, -0.1) is 0 Å². The van der Waals surface area contributed by atoms with Gasteiger partial charge in [0.25, 0.3) is 5.91 Å². The maximum absolute atomic E-state index is 12.7. The van der Waals surface area contributed by atoms with E-state index < -0.39 is 12.0 Å². The zero-order valence-corrected chi connectivity index (χ0v) is 12.3. The van der Waals surface area contributed by atoms with Crippen molar-refractivity contribution in [1.82, 2.24) is 9.47 Å². The number of nitrogens with zero attached hydrogens (tertiary/aromatic N) is 2. The molecule has 1 atom stereocenters. The van der Waals surface area contributed by atoms with Gasteiger partial charge in [0.1, 0.15) is 17.5 Å². The first-order chi connectivity index (χ1) is 10.5. The van der Waals surface area contributed by atoms with Gasteiger partial charge < -0.3 is 19.3 Å². The smallest absolute Gasteiger partial charge is 0.330 e. The summed E-state index contributed by atoms with van der Waals surface area (Å²) in [5, 5.41) is 10.1. The highest BCUT2D eigenvalue weighted by atomic mass is 16.5. The van der Waals surface area contributed by atoms with Crippen LogP contribution in [0.2, 0.25) is 0 Å². The van der Waals surface area contributed by atoms with Crippen LogP contribution in [0.1, 0.15) is 10.5 Å². The van der Waals surface area contributed by atoms with Crippen LogP contribution in [0.3, 0.4) is 0 Å². The minimum absolute atomic E-state index is 0.296. The van der Waals surface area contributed by atoms with Crippen molar-refractivity contribution >= 4 is 22.8 Å². The molecule has 22 heavy (non-hydrogen) atoms. The molecule has 6 heteroatoms. The van der Waals surface area contributed by atoms with E-state index >= 15 is 0 Å². The molecule has 0 saturated carbocycles. The second-order valence-corrected chi connectivity index (χ2v) is 5.18. The number of hydrogen-bond donors (Lipinski definition) is 1. The third kappa shape index (κ3) is 2.13. The van der Waals surface area contributed by atoms with Crippen LogP contribution in [0, 0.1) is 0 Å². The van der Waals surface area contributed by atoms with Crippen LogP contribution in [0.4, 0.5) is 0 Å². The van der Waals surface area contributed by atoms with Crippen LogP contribution >= 0.6 is 0 Å². The summed E-state index contributed by atoms with van der Waals surface area (Å²) in [5.41, 5.74) is 1.32. The van der Waals surface area contributed by atoms with Crippen molar-refractivity contribution < 1.29 is 19.4 Å². The van der Waals surface area contributed by atoms with Gasteiger partial charge in [-0.05, 0) is 18.2 Å². The van der Waals surface area contributed by atoms with Gasteiger partial charge in [0.2, 0.25) is 0 Å². The first-order valence-corrected chi connectivity index (χ1v) is 6.87.